The lowest BCUT2D eigenvalue weighted by Crippen LogP contribution is -1.97. The third kappa shape index (κ3) is 3.05. The van der Waals surface area contributed by atoms with Crippen LogP contribution in [-0.4, -0.2) is 4.92 Å². The van der Waals surface area contributed by atoms with Gasteiger partial charge in [-0.25, -0.2) is 0 Å². The molecule has 0 radical (unpaired) electrons. The van der Waals surface area contributed by atoms with Gasteiger partial charge in [-0.15, -0.1) is 12.6 Å². The molecular weight excluding hydrogens is 308 g/mol. The molecule has 23 heavy (non-hydrogen) atoms. The highest BCUT2D eigenvalue weighted by molar-refractivity contribution is 7.80. The van der Waals surface area contributed by atoms with Crippen LogP contribution in [0.1, 0.15) is 0 Å². The number of anilines is 1. The summed E-state index contributed by atoms with van der Waals surface area (Å²) < 4.78 is 0. The Balaban J connectivity index is 2.20. The maximum absolute atomic E-state index is 11.5. The maximum atomic E-state index is 11.5. The van der Waals surface area contributed by atoms with E-state index in [9.17, 15) is 10.1 Å². The van der Waals surface area contributed by atoms with Crippen LogP contribution in [0.15, 0.2) is 71.6 Å². The third-order valence-corrected chi connectivity index (χ3v) is 3.93. The highest BCUT2D eigenvalue weighted by atomic mass is 32.1. The van der Waals surface area contributed by atoms with E-state index in [-0.39, 0.29) is 10.6 Å². The number of hydrogen-bond donors (Lipinski definition) is 2. The number of nitrogens with two attached hydrogens (primary N) is 1. The highest BCUT2D eigenvalue weighted by Crippen LogP contribution is 2.38. The Labute approximate surface area is 139 Å². The average molecular weight is 322 g/mol. The smallest absolute Gasteiger partial charge is 0.277 e. The van der Waals surface area contributed by atoms with E-state index in [0.29, 0.717) is 16.8 Å². The van der Waals surface area contributed by atoms with E-state index in [1.54, 1.807) is 30.3 Å². The number of nitro benzene ring substituents is 1. The van der Waals surface area contributed by atoms with Crippen molar-refractivity contribution in [3.05, 3.63) is 76.8 Å². The molecule has 0 saturated heterocycles. The lowest BCUT2D eigenvalue weighted by atomic mass is 9.96. The van der Waals surface area contributed by atoms with Crippen LogP contribution in [0.25, 0.3) is 22.3 Å². The first-order valence-electron chi connectivity index (χ1n) is 6.99. The molecule has 0 aliphatic rings. The summed E-state index contributed by atoms with van der Waals surface area (Å²) in [7, 11) is 0. The maximum Gasteiger partial charge on any atom is 0.277 e. The predicted molar refractivity (Wildman–Crippen MR) is 95.6 cm³/mol. The third-order valence-electron chi connectivity index (χ3n) is 3.63. The monoisotopic (exact) mass is 322 g/mol. The fraction of sp³-hybridized carbons (Fsp3) is 0. The zero-order valence-electron chi connectivity index (χ0n) is 12.1. The molecule has 2 N–H and O–H groups in total. The number of rotatable bonds is 3. The number of benzene rings is 3. The van der Waals surface area contributed by atoms with Crippen molar-refractivity contribution in [3.63, 3.8) is 0 Å². The summed E-state index contributed by atoms with van der Waals surface area (Å²) in [6, 6.07) is 19.8. The number of nitrogen functional groups attached to an aromatic ring is 1. The molecule has 0 bridgehead atoms. The van der Waals surface area contributed by atoms with Crippen LogP contribution in [0.5, 0.6) is 0 Å². The van der Waals surface area contributed by atoms with Gasteiger partial charge in [-0.05, 0) is 29.3 Å². The minimum absolute atomic E-state index is 0.0324. The van der Waals surface area contributed by atoms with E-state index in [4.69, 9.17) is 5.73 Å². The van der Waals surface area contributed by atoms with Crippen LogP contribution < -0.4 is 5.73 Å². The van der Waals surface area contributed by atoms with Gasteiger partial charge in [-0.2, -0.15) is 0 Å². The lowest BCUT2D eigenvalue weighted by molar-refractivity contribution is -0.384. The molecule has 0 fully saturated rings. The summed E-state index contributed by atoms with van der Waals surface area (Å²) in [4.78, 5) is 11.9. The Morgan fingerprint density at radius 1 is 0.870 bits per heavy atom. The molecule has 0 aliphatic carbocycles. The molecule has 0 spiro atoms. The van der Waals surface area contributed by atoms with Crippen LogP contribution in [0.3, 0.4) is 0 Å². The topological polar surface area (TPSA) is 69.2 Å². The zero-order chi connectivity index (χ0) is 16.4. The number of hydrogen-bond acceptors (Lipinski definition) is 4. The molecule has 5 heteroatoms. The quantitative estimate of drug-likeness (QED) is 0.315. The van der Waals surface area contributed by atoms with Gasteiger partial charge in [0.05, 0.1) is 10.5 Å². The first-order chi connectivity index (χ1) is 11.1. The minimum Gasteiger partial charge on any atom is -0.398 e. The Morgan fingerprint density at radius 2 is 1.48 bits per heavy atom. The summed E-state index contributed by atoms with van der Waals surface area (Å²) in [5.41, 5.74) is 9.44. The number of nitro groups is 1. The summed E-state index contributed by atoms with van der Waals surface area (Å²) in [6.07, 6.45) is 0. The lowest BCUT2D eigenvalue weighted by Gasteiger charge is -2.10. The van der Waals surface area contributed by atoms with Gasteiger partial charge in [0.2, 0.25) is 0 Å². The van der Waals surface area contributed by atoms with Crippen molar-refractivity contribution in [1.82, 2.24) is 0 Å². The largest absolute Gasteiger partial charge is 0.398 e. The average Bonchev–Trinajstić information content (AvgIpc) is 2.56. The van der Waals surface area contributed by atoms with E-state index in [1.807, 2.05) is 30.3 Å². The fourth-order valence-electron chi connectivity index (χ4n) is 2.50. The van der Waals surface area contributed by atoms with E-state index in [0.717, 1.165) is 16.0 Å². The van der Waals surface area contributed by atoms with Gasteiger partial charge in [0, 0.05) is 22.2 Å². The van der Waals surface area contributed by atoms with Gasteiger partial charge in [-0.1, -0.05) is 42.5 Å². The molecule has 3 rings (SSSR count). The molecule has 0 unspecified atom stereocenters. The fourth-order valence-corrected chi connectivity index (χ4v) is 2.65. The first-order valence-corrected chi connectivity index (χ1v) is 7.44. The van der Waals surface area contributed by atoms with Gasteiger partial charge in [0.15, 0.2) is 0 Å². The molecule has 4 nitrogen and oxygen atoms in total. The SMILES string of the molecule is Nc1cc(-c2ccc(S)cc2)c([N+](=O)[O-])cc1-c1ccccc1. The van der Waals surface area contributed by atoms with Crippen molar-refractivity contribution in [3.8, 4) is 22.3 Å². The second-order valence-corrected chi connectivity index (χ2v) is 5.64. The van der Waals surface area contributed by atoms with Crippen molar-refractivity contribution in [1.29, 1.82) is 0 Å². The van der Waals surface area contributed by atoms with Gasteiger partial charge < -0.3 is 5.73 Å². The van der Waals surface area contributed by atoms with Crippen molar-refractivity contribution >= 4 is 24.0 Å². The number of nitrogens with zero attached hydrogens (tertiary/aromatic N) is 1. The van der Waals surface area contributed by atoms with Crippen molar-refractivity contribution in [2.24, 2.45) is 0 Å². The normalized spacial score (nSPS) is 10.5. The molecule has 3 aromatic carbocycles. The Bertz CT molecular complexity index is 862. The summed E-state index contributed by atoms with van der Waals surface area (Å²) in [6.45, 7) is 0. The van der Waals surface area contributed by atoms with Gasteiger partial charge >= 0.3 is 0 Å². The molecule has 0 aliphatic heterocycles. The molecule has 0 heterocycles. The minimum atomic E-state index is -0.379. The van der Waals surface area contributed by atoms with Crippen molar-refractivity contribution in [2.45, 2.75) is 4.90 Å². The van der Waals surface area contributed by atoms with Crippen LogP contribution in [0.2, 0.25) is 0 Å². The van der Waals surface area contributed by atoms with Crippen molar-refractivity contribution < 1.29 is 4.92 Å². The summed E-state index contributed by atoms with van der Waals surface area (Å²) in [5.74, 6) is 0. The van der Waals surface area contributed by atoms with Gasteiger partial charge in [-0.3, -0.25) is 10.1 Å². The molecule has 0 saturated carbocycles. The molecule has 3 aromatic rings. The van der Waals surface area contributed by atoms with Crippen LogP contribution in [0, 0.1) is 10.1 Å². The standard InChI is InChI=1S/C18H14N2O2S/c19-17-10-16(13-6-8-14(23)9-7-13)18(20(21)22)11-15(17)12-4-2-1-3-5-12/h1-11,23H,19H2. The highest BCUT2D eigenvalue weighted by Gasteiger charge is 2.19. The Hall–Kier alpha value is -2.79. The van der Waals surface area contributed by atoms with E-state index in [2.05, 4.69) is 12.6 Å². The molecule has 114 valence electrons. The zero-order valence-corrected chi connectivity index (χ0v) is 13.0. The molecule has 0 aromatic heterocycles. The first kappa shape index (κ1) is 15.1. The number of thiol groups is 1. The Morgan fingerprint density at radius 3 is 2.09 bits per heavy atom. The molecule has 0 atom stereocenters. The van der Waals surface area contributed by atoms with Crippen LogP contribution >= 0.6 is 12.6 Å². The Kier molecular flexibility index (Phi) is 4.04. The van der Waals surface area contributed by atoms with E-state index >= 15 is 0 Å². The second kappa shape index (κ2) is 6.14. The predicted octanol–water partition coefficient (Wildman–Crippen LogP) is 4.80. The molecular formula is C18H14N2O2S. The van der Waals surface area contributed by atoms with Crippen LogP contribution in [-0.2, 0) is 0 Å². The van der Waals surface area contributed by atoms with Crippen LogP contribution in [0.4, 0.5) is 11.4 Å². The van der Waals surface area contributed by atoms with Gasteiger partial charge in [0.1, 0.15) is 0 Å². The second-order valence-electron chi connectivity index (χ2n) is 5.13. The molecule has 0 amide bonds. The van der Waals surface area contributed by atoms with Crippen molar-refractivity contribution in [2.75, 3.05) is 5.73 Å². The summed E-state index contributed by atoms with van der Waals surface area (Å²) >= 11 is 4.24. The van der Waals surface area contributed by atoms with E-state index in [1.165, 1.54) is 6.07 Å². The van der Waals surface area contributed by atoms with E-state index < -0.39 is 0 Å². The summed E-state index contributed by atoms with van der Waals surface area (Å²) in [5, 5.41) is 11.5. The van der Waals surface area contributed by atoms with Gasteiger partial charge in [0.25, 0.3) is 5.69 Å².